The van der Waals surface area contributed by atoms with E-state index < -0.39 is 0 Å². The number of benzene rings is 2. The lowest BCUT2D eigenvalue weighted by molar-refractivity contribution is 0.380. The van der Waals surface area contributed by atoms with Crippen molar-refractivity contribution in [1.82, 2.24) is 10.2 Å². The van der Waals surface area contributed by atoms with Gasteiger partial charge in [-0.3, -0.25) is 0 Å². The van der Waals surface area contributed by atoms with Crippen molar-refractivity contribution in [1.29, 1.82) is 0 Å². The van der Waals surface area contributed by atoms with Crippen LogP contribution in [0.15, 0.2) is 48.5 Å². The highest BCUT2D eigenvalue weighted by Crippen LogP contribution is 2.23. The van der Waals surface area contributed by atoms with Crippen LogP contribution in [-0.4, -0.2) is 36.2 Å². The highest BCUT2D eigenvalue weighted by atomic mass is 32.1. The maximum atomic E-state index is 5.57. The molecule has 4 heteroatoms. The maximum Gasteiger partial charge on any atom is 0.169 e. The van der Waals surface area contributed by atoms with Crippen LogP contribution in [-0.2, 0) is 6.54 Å². The fourth-order valence-corrected chi connectivity index (χ4v) is 3.37. The van der Waals surface area contributed by atoms with Crippen molar-refractivity contribution in [2.75, 3.05) is 31.1 Å². The Labute approximate surface area is 150 Å². The third kappa shape index (κ3) is 3.88. The van der Waals surface area contributed by atoms with Crippen LogP contribution < -0.4 is 10.2 Å². The summed E-state index contributed by atoms with van der Waals surface area (Å²) in [5.74, 6) is 0. The first kappa shape index (κ1) is 16.8. The average Bonchev–Trinajstić information content (AvgIpc) is 2.63. The minimum absolute atomic E-state index is 0.789. The molecule has 1 saturated heterocycles. The topological polar surface area (TPSA) is 18.5 Å². The van der Waals surface area contributed by atoms with Crippen molar-refractivity contribution in [3.8, 4) is 0 Å². The first-order valence-electron chi connectivity index (χ1n) is 8.53. The van der Waals surface area contributed by atoms with E-state index in [2.05, 4.69) is 71.4 Å². The highest BCUT2D eigenvalue weighted by Gasteiger charge is 2.20. The number of rotatable bonds is 3. The largest absolute Gasteiger partial charge is 0.368 e. The van der Waals surface area contributed by atoms with E-state index >= 15 is 0 Å². The fourth-order valence-electron chi connectivity index (χ4n) is 3.11. The van der Waals surface area contributed by atoms with Gasteiger partial charge < -0.3 is 15.1 Å². The van der Waals surface area contributed by atoms with Crippen LogP contribution in [0.4, 0.5) is 5.69 Å². The van der Waals surface area contributed by atoms with E-state index in [0.717, 1.165) is 37.8 Å². The Morgan fingerprint density at radius 1 is 0.958 bits per heavy atom. The lowest BCUT2D eigenvalue weighted by Crippen LogP contribution is -2.51. The SMILES string of the molecule is Cc1cccc(N2CCN(C(=S)NCc3ccccc3)CC2)c1C. The molecule has 3 rings (SSSR count). The second-order valence-electron chi connectivity index (χ2n) is 6.34. The maximum absolute atomic E-state index is 5.57. The van der Waals surface area contributed by atoms with Crippen LogP contribution in [0, 0.1) is 13.8 Å². The molecule has 3 nitrogen and oxygen atoms in total. The smallest absolute Gasteiger partial charge is 0.169 e. The Morgan fingerprint density at radius 2 is 1.67 bits per heavy atom. The Hall–Kier alpha value is -2.07. The molecule has 0 radical (unpaired) electrons. The minimum Gasteiger partial charge on any atom is -0.368 e. The Morgan fingerprint density at radius 3 is 2.38 bits per heavy atom. The summed E-state index contributed by atoms with van der Waals surface area (Å²) in [6, 6.07) is 16.9. The average molecular weight is 340 g/mol. The number of aryl methyl sites for hydroxylation is 1. The van der Waals surface area contributed by atoms with Crippen molar-refractivity contribution in [3.05, 3.63) is 65.2 Å². The van der Waals surface area contributed by atoms with Gasteiger partial charge in [-0.15, -0.1) is 0 Å². The second-order valence-corrected chi connectivity index (χ2v) is 6.72. The number of hydrogen-bond acceptors (Lipinski definition) is 2. The summed E-state index contributed by atoms with van der Waals surface area (Å²) in [5, 5.41) is 4.24. The number of hydrogen-bond donors (Lipinski definition) is 1. The molecular formula is C20H25N3S. The van der Waals surface area contributed by atoms with E-state index in [0.29, 0.717) is 0 Å². The number of piperazine rings is 1. The lowest BCUT2D eigenvalue weighted by Gasteiger charge is -2.38. The molecule has 0 aromatic heterocycles. The molecule has 1 aliphatic heterocycles. The van der Waals surface area contributed by atoms with E-state index in [1.54, 1.807) is 0 Å². The van der Waals surface area contributed by atoms with Gasteiger partial charge in [-0.05, 0) is 48.8 Å². The first-order chi connectivity index (χ1) is 11.6. The zero-order chi connectivity index (χ0) is 16.9. The molecule has 126 valence electrons. The summed E-state index contributed by atoms with van der Waals surface area (Å²) in [5.41, 5.74) is 5.36. The van der Waals surface area contributed by atoms with E-state index in [9.17, 15) is 0 Å². The molecule has 1 N–H and O–H groups in total. The Bertz CT molecular complexity index is 691. The quantitative estimate of drug-likeness (QED) is 0.862. The Balaban J connectivity index is 1.53. The molecule has 24 heavy (non-hydrogen) atoms. The van der Waals surface area contributed by atoms with Crippen LogP contribution in [0.25, 0.3) is 0 Å². The number of nitrogens with one attached hydrogen (secondary N) is 1. The molecule has 0 atom stereocenters. The van der Waals surface area contributed by atoms with Crippen molar-refractivity contribution in [2.24, 2.45) is 0 Å². The van der Waals surface area contributed by atoms with Gasteiger partial charge in [-0.1, -0.05) is 42.5 Å². The van der Waals surface area contributed by atoms with Crippen molar-refractivity contribution < 1.29 is 0 Å². The van der Waals surface area contributed by atoms with Crippen LogP contribution in [0.1, 0.15) is 16.7 Å². The minimum atomic E-state index is 0.789. The highest BCUT2D eigenvalue weighted by molar-refractivity contribution is 7.80. The fraction of sp³-hybridized carbons (Fsp3) is 0.350. The molecule has 0 unspecified atom stereocenters. The molecule has 1 heterocycles. The molecule has 1 fully saturated rings. The number of nitrogens with zero attached hydrogens (tertiary/aromatic N) is 2. The molecule has 2 aromatic carbocycles. The summed E-state index contributed by atoms with van der Waals surface area (Å²) >= 11 is 5.57. The van der Waals surface area contributed by atoms with Gasteiger partial charge in [-0.25, -0.2) is 0 Å². The standard InChI is InChI=1S/C20H25N3S/c1-16-7-6-10-19(17(16)2)22-11-13-23(14-12-22)20(24)21-15-18-8-4-3-5-9-18/h3-10H,11-15H2,1-2H3,(H,21,24). The van der Waals surface area contributed by atoms with Gasteiger partial charge in [-0.2, -0.15) is 0 Å². The lowest BCUT2D eigenvalue weighted by atomic mass is 10.1. The molecule has 0 amide bonds. The normalized spacial score (nSPS) is 14.6. The summed E-state index contributed by atoms with van der Waals surface area (Å²) in [4.78, 5) is 4.75. The predicted molar refractivity (Wildman–Crippen MR) is 106 cm³/mol. The van der Waals surface area contributed by atoms with Gasteiger partial charge in [0.05, 0.1) is 0 Å². The molecule has 1 aliphatic rings. The summed E-state index contributed by atoms with van der Waals surface area (Å²) < 4.78 is 0. The van der Waals surface area contributed by atoms with E-state index in [-0.39, 0.29) is 0 Å². The molecular weight excluding hydrogens is 314 g/mol. The van der Waals surface area contributed by atoms with Gasteiger partial charge >= 0.3 is 0 Å². The van der Waals surface area contributed by atoms with Gasteiger partial charge in [0.1, 0.15) is 0 Å². The summed E-state index contributed by atoms with van der Waals surface area (Å²) in [6.45, 7) is 9.13. The van der Waals surface area contributed by atoms with Gasteiger partial charge in [0.25, 0.3) is 0 Å². The number of anilines is 1. The third-order valence-corrected chi connectivity index (χ3v) is 5.17. The van der Waals surface area contributed by atoms with Crippen LogP contribution in [0.2, 0.25) is 0 Å². The molecule has 2 aromatic rings. The zero-order valence-electron chi connectivity index (χ0n) is 14.5. The van der Waals surface area contributed by atoms with E-state index in [4.69, 9.17) is 12.2 Å². The molecule has 0 aliphatic carbocycles. The monoisotopic (exact) mass is 339 g/mol. The molecule has 0 bridgehead atoms. The zero-order valence-corrected chi connectivity index (χ0v) is 15.3. The molecule has 0 spiro atoms. The molecule has 0 saturated carbocycles. The van der Waals surface area contributed by atoms with Gasteiger partial charge in [0, 0.05) is 38.4 Å². The van der Waals surface area contributed by atoms with Crippen LogP contribution in [0.3, 0.4) is 0 Å². The predicted octanol–water partition coefficient (Wildman–Crippen LogP) is 3.50. The van der Waals surface area contributed by atoms with Gasteiger partial charge in [0.15, 0.2) is 5.11 Å². The van der Waals surface area contributed by atoms with Crippen molar-refractivity contribution >= 4 is 23.0 Å². The Kier molecular flexibility index (Phi) is 5.36. The van der Waals surface area contributed by atoms with Crippen LogP contribution >= 0.6 is 12.2 Å². The first-order valence-corrected chi connectivity index (χ1v) is 8.94. The summed E-state index contributed by atoms with van der Waals surface area (Å²) in [7, 11) is 0. The van der Waals surface area contributed by atoms with E-state index in [1.807, 2.05) is 6.07 Å². The summed E-state index contributed by atoms with van der Waals surface area (Å²) in [6.07, 6.45) is 0. The van der Waals surface area contributed by atoms with Crippen LogP contribution in [0.5, 0.6) is 0 Å². The van der Waals surface area contributed by atoms with Gasteiger partial charge in [0.2, 0.25) is 0 Å². The van der Waals surface area contributed by atoms with Crippen molar-refractivity contribution in [3.63, 3.8) is 0 Å². The second kappa shape index (κ2) is 7.67. The van der Waals surface area contributed by atoms with E-state index in [1.165, 1.54) is 22.4 Å². The van der Waals surface area contributed by atoms with Crippen molar-refractivity contribution in [2.45, 2.75) is 20.4 Å². The number of thiocarbonyl (C=S) groups is 1. The third-order valence-electron chi connectivity index (χ3n) is 4.77.